The largest absolute Gasteiger partial charge is 0.490 e. The molecule has 0 radical (unpaired) electrons. The van der Waals surface area contributed by atoms with Gasteiger partial charge in [0.15, 0.2) is 0 Å². The quantitative estimate of drug-likeness (QED) is 0.712. The lowest BCUT2D eigenvalue weighted by Gasteiger charge is -2.37. The third-order valence-corrected chi connectivity index (χ3v) is 4.06. The molecule has 138 valence electrons. The number of carbonyl (C=O) groups excluding carboxylic acids is 1. The first-order chi connectivity index (χ1) is 12.6. The number of urea groups is 1. The predicted octanol–water partition coefficient (Wildman–Crippen LogP) is 3.30. The molecule has 2 aromatic rings. The summed E-state index contributed by atoms with van der Waals surface area (Å²) >= 11 is 0. The number of carbonyl (C=O) groups is 1. The van der Waals surface area contributed by atoms with Crippen LogP contribution in [0.5, 0.6) is 11.5 Å². The van der Waals surface area contributed by atoms with Crippen molar-refractivity contribution >= 4 is 11.7 Å². The van der Waals surface area contributed by atoms with Crippen molar-refractivity contribution in [3.63, 3.8) is 0 Å². The number of para-hydroxylation sites is 3. The van der Waals surface area contributed by atoms with Crippen LogP contribution in [0.4, 0.5) is 10.5 Å². The maximum absolute atomic E-state index is 12.1. The molecule has 1 aliphatic rings. The summed E-state index contributed by atoms with van der Waals surface area (Å²) in [4.78, 5) is 12.1. The molecule has 2 N–H and O–H groups in total. The summed E-state index contributed by atoms with van der Waals surface area (Å²) in [6.45, 7) is 4.81. The minimum atomic E-state index is -0.255. The monoisotopic (exact) mass is 356 g/mol. The van der Waals surface area contributed by atoms with Gasteiger partial charge in [-0.15, -0.1) is 0 Å². The molecule has 1 fully saturated rings. The molecule has 6 nitrogen and oxygen atoms in total. The molecular weight excluding hydrogens is 332 g/mol. The molecule has 0 unspecified atom stereocenters. The van der Waals surface area contributed by atoms with Crippen molar-refractivity contribution in [3.05, 3.63) is 54.6 Å². The summed E-state index contributed by atoms with van der Waals surface area (Å²) in [6.07, 6.45) is 0. The van der Waals surface area contributed by atoms with Crippen molar-refractivity contribution in [2.45, 2.75) is 6.92 Å². The van der Waals surface area contributed by atoms with Gasteiger partial charge in [-0.2, -0.15) is 0 Å². The van der Waals surface area contributed by atoms with Gasteiger partial charge in [-0.1, -0.05) is 37.3 Å². The van der Waals surface area contributed by atoms with E-state index < -0.39 is 0 Å². The van der Waals surface area contributed by atoms with Gasteiger partial charge in [-0.3, -0.25) is 0 Å². The molecule has 2 amide bonds. The zero-order chi connectivity index (χ0) is 18.2. The topological polar surface area (TPSA) is 68.8 Å². The highest BCUT2D eigenvalue weighted by Gasteiger charge is 2.33. The highest BCUT2D eigenvalue weighted by molar-refractivity contribution is 5.90. The zero-order valence-electron chi connectivity index (χ0n) is 14.9. The second-order valence-corrected chi connectivity index (χ2v) is 6.62. The Morgan fingerprint density at radius 3 is 2.46 bits per heavy atom. The van der Waals surface area contributed by atoms with Gasteiger partial charge in [-0.05, 0) is 24.3 Å². The molecule has 0 atom stereocenters. The molecule has 2 aromatic carbocycles. The molecule has 0 aliphatic carbocycles. The molecule has 1 saturated heterocycles. The Morgan fingerprint density at radius 2 is 1.73 bits per heavy atom. The molecule has 0 saturated carbocycles. The van der Waals surface area contributed by atoms with Gasteiger partial charge in [0.05, 0.1) is 18.9 Å². The van der Waals surface area contributed by atoms with Gasteiger partial charge >= 0.3 is 6.03 Å². The molecule has 0 aromatic heterocycles. The van der Waals surface area contributed by atoms with Crippen LogP contribution >= 0.6 is 0 Å². The second-order valence-electron chi connectivity index (χ2n) is 6.62. The van der Waals surface area contributed by atoms with Crippen LogP contribution in [0.1, 0.15) is 6.92 Å². The van der Waals surface area contributed by atoms with Crippen LogP contribution in [0.2, 0.25) is 0 Å². The molecule has 3 rings (SSSR count). The minimum Gasteiger partial charge on any atom is -0.490 e. The summed E-state index contributed by atoms with van der Waals surface area (Å²) in [6, 6.07) is 16.7. The molecule has 1 aliphatic heterocycles. The molecule has 0 spiro atoms. The molecular formula is C20H24N2O4. The van der Waals surface area contributed by atoms with Crippen LogP contribution in [0.15, 0.2) is 54.6 Å². The highest BCUT2D eigenvalue weighted by atomic mass is 16.5. The number of nitrogens with one attached hydrogen (secondary N) is 2. The molecule has 0 bridgehead atoms. The number of amides is 2. The third kappa shape index (κ3) is 5.13. The Morgan fingerprint density at radius 1 is 1.04 bits per heavy atom. The van der Waals surface area contributed by atoms with Crippen LogP contribution in [0.3, 0.4) is 0 Å². The minimum absolute atomic E-state index is 0.0299. The number of rotatable bonds is 8. The van der Waals surface area contributed by atoms with Crippen LogP contribution in [-0.4, -0.2) is 39.0 Å². The Kier molecular flexibility index (Phi) is 5.96. The predicted molar refractivity (Wildman–Crippen MR) is 99.8 cm³/mol. The van der Waals surface area contributed by atoms with Crippen molar-refractivity contribution in [1.82, 2.24) is 5.32 Å². The second kappa shape index (κ2) is 8.58. The Bertz CT molecular complexity index is 717. The fraction of sp³-hybridized carbons (Fsp3) is 0.350. The number of benzene rings is 2. The van der Waals surface area contributed by atoms with Crippen molar-refractivity contribution < 1.29 is 19.0 Å². The van der Waals surface area contributed by atoms with Gasteiger partial charge in [-0.25, -0.2) is 4.79 Å². The van der Waals surface area contributed by atoms with E-state index in [9.17, 15) is 4.79 Å². The van der Waals surface area contributed by atoms with E-state index in [0.717, 1.165) is 5.75 Å². The summed E-state index contributed by atoms with van der Waals surface area (Å²) < 4.78 is 16.5. The lowest BCUT2D eigenvalue weighted by atomic mass is 9.89. The van der Waals surface area contributed by atoms with E-state index in [1.807, 2.05) is 48.5 Å². The average molecular weight is 356 g/mol. The first-order valence-electron chi connectivity index (χ1n) is 8.67. The Labute approximate surface area is 153 Å². The van der Waals surface area contributed by atoms with Gasteiger partial charge in [0.2, 0.25) is 0 Å². The van der Waals surface area contributed by atoms with Crippen molar-refractivity contribution in [1.29, 1.82) is 0 Å². The lowest BCUT2D eigenvalue weighted by molar-refractivity contribution is -0.0974. The number of hydrogen-bond donors (Lipinski definition) is 2. The molecule has 26 heavy (non-hydrogen) atoms. The van der Waals surface area contributed by atoms with E-state index in [4.69, 9.17) is 14.2 Å². The van der Waals surface area contributed by atoms with E-state index in [0.29, 0.717) is 44.4 Å². The average Bonchev–Trinajstić information content (AvgIpc) is 2.64. The Hall–Kier alpha value is -2.73. The first-order valence-corrected chi connectivity index (χ1v) is 8.67. The van der Waals surface area contributed by atoms with Crippen LogP contribution in [0, 0.1) is 5.41 Å². The maximum atomic E-state index is 12.1. The van der Waals surface area contributed by atoms with E-state index in [2.05, 4.69) is 17.6 Å². The smallest absolute Gasteiger partial charge is 0.319 e. The Balaban J connectivity index is 1.45. The van der Waals surface area contributed by atoms with Gasteiger partial charge in [0.1, 0.15) is 24.7 Å². The van der Waals surface area contributed by atoms with E-state index in [1.54, 1.807) is 6.07 Å². The summed E-state index contributed by atoms with van der Waals surface area (Å²) in [5, 5.41) is 5.71. The van der Waals surface area contributed by atoms with Gasteiger partial charge in [0.25, 0.3) is 0 Å². The molecule has 1 heterocycles. The standard InChI is InChI=1S/C20H24N2O4/c1-20(14-24-15-20)13-21-19(23)22-17-9-5-6-10-18(17)26-12-11-25-16-7-3-2-4-8-16/h2-10H,11-15H2,1H3,(H2,21,22,23). The molecule has 6 heteroatoms. The van der Waals surface area contributed by atoms with E-state index in [-0.39, 0.29) is 11.4 Å². The SMILES string of the molecule is CC1(CNC(=O)Nc2ccccc2OCCOc2ccccc2)COC1. The number of ether oxygens (including phenoxy) is 3. The number of anilines is 1. The fourth-order valence-electron chi connectivity index (χ4n) is 2.54. The van der Waals surface area contributed by atoms with Gasteiger partial charge in [0, 0.05) is 12.0 Å². The van der Waals surface area contributed by atoms with Crippen LogP contribution in [-0.2, 0) is 4.74 Å². The van der Waals surface area contributed by atoms with E-state index in [1.165, 1.54) is 0 Å². The van der Waals surface area contributed by atoms with Gasteiger partial charge < -0.3 is 24.8 Å². The third-order valence-electron chi connectivity index (χ3n) is 4.06. The highest BCUT2D eigenvalue weighted by Crippen LogP contribution is 2.26. The normalized spacial score (nSPS) is 14.8. The summed E-state index contributed by atoms with van der Waals surface area (Å²) in [5.74, 6) is 1.41. The van der Waals surface area contributed by atoms with E-state index >= 15 is 0 Å². The zero-order valence-corrected chi connectivity index (χ0v) is 14.9. The first kappa shape index (κ1) is 18.1. The van der Waals surface area contributed by atoms with Crippen LogP contribution in [0.25, 0.3) is 0 Å². The fourth-order valence-corrected chi connectivity index (χ4v) is 2.54. The van der Waals surface area contributed by atoms with Crippen molar-refractivity contribution in [3.8, 4) is 11.5 Å². The maximum Gasteiger partial charge on any atom is 0.319 e. The lowest BCUT2D eigenvalue weighted by Crippen LogP contribution is -2.49. The summed E-state index contributed by atoms with van der Waals surface area (Å²) in [7, 11) is 0. The van der Waals surface area contributed by atoms with Crippen molar-refractivity contribution in [2.24, 2.45) is 5.41 Å². The van der Waals surface area contributed by atoms with Crippen molar-refractivity contribution in [2.75, 3.05) is 38.3 Å². The summed E-state index contributed by atoms with van der Waals surface area (Å²) in [5.41, 5.74) is 0.655. The van der Waals surface area contributed by atoms with Crippen LogP contribution < -0.4 is 20.1 Å². The number of hydrogen-bond acceptors (Lipinski definition) is 4.